The van der Waals surface area contributed by atoms with E-state index in [0.717, 1.165) is 11.3 Å². The summed E-state index contributed by atoms with van der Waals surface area (Å²) in [6.07, 6.45) is 5.83. The summed E-state index contributed by atoms with van der Waals surface area (Å²) >= 11 is 1.77. The van der Waals surface area contributed by atoms with E-state index in [1.165, 1.54) is 16.7 Å². The lowest BCUT2D eigenvalue weighted by atomic mass is 10.3. The van der Waals surface area contributed by atoms with Crippen molar-refractivity contribution >= 4 is 21.6 Å². The molecule has 0 atom stereocenters. The Morgan fingerprint density at radius 2 is 2.42 bits per heavy atom. The molecule has 62 valence electrons. The van der Waals surface area contributed by atoms with Gasteiger partial charge in [0, 0.05) is 16.5 Å². The fourth-order valence-corrected chi connectivity index (χ4v) is 2.28. The molecule has 2 rings (SSSR count). The summed E-state index contributed by atoms with van der Waals surface area (Å²) < 4.78 is 0. The van der Waals surface area contributed by atoms with E-state index in [-0.39, 0.29) is 0 Å². The monoisotopic (exact) mass is 178 g/mol. The van der Waals surface area contributed by atoms with Crippen molar-refractivity contribution in [3.63, 3.8) is 0 Å². The Balaban J connectivity index is 2.47. The summed E-state index contributed by atoms with van der Waals surface area (Å²) in [6.45, 7) is 2.19. The second-order valence-corrected chi connectivity index (χ2v) is 3.86. The Kier molecular flexibility index (Phi) is 2.04. The molecule has 0 aromatic carbocycles. The first-order valence-electron chi connectivity index (χ1n) is 4.08. The van der Waals surface area contributed by atoms with Crippen molar-refractivity contribution in [3.8, 4) is 0 Å². The van der Waals surface area contributed by atoms with E-state index in [1.54, 1.807) is 17.7 Å². The zero-order chi connectivity index (χ0) is 8.39. The molecule has 0 aliphatic rings. The van der Waals surface area contributed by atoms with Gasteiger partial charge in [0.05, 0.1) is 0 Å². The second kappa shape index (κ2) is 3.19. The standard InChI is InChI=1S/C9H10N2S/c1-2-3-8-4-7-5-10-6-11-9(7)12-8/h4-6H,2-3H2,1H3. The van der Waals surface area contributed by atoms with Crippen LogP contribution in [-0.2, 0) is 6.42 Å². The molecule has 0 aliphatic carbocycles. The van der Waals surface area contributed by atoms with Crippen LogP contribution in [0.3, 0.4) is 0 Å². The van der Waals surface area contributed by atoms with Crippen molar-refractivity contribution in [1.29, 1.82) is 0 Å². The average Bonchev–Trinajstić information content (AvgIpc) is 2.47. The first-order valence-corrected chi connectivity index (χ1v) is 4.90. The molecule has 0 fully saturated rings. The van der Waals surface area contributed by atoms with Crippen LogP contribution in [0.25, 0.3) is 10.2 Å². The van der Waals surface area contributed by atoms with Gasteiger partial charge in [-0.25, -0.2) is 9.97 Å². The van der Waals surface area contributed by atoms with E-state index < -0.39 is 0 Å². The molecule has 0 aliphatic heterocycles. The highest BCUT2D eigenvalue weighted by molar-refractivity contribution is 7.18. The number of hydrogen-bond acceptors (Lipinski definition) is 3. The molecule has 0 unspecified atom stereocenters. The summed E-state index contributed by atoms with van der Waals surface area (Å²) in [7, 11) is 0. The van der Waals surface area contributed by atoms with Crippen LogP contribution in [0.1, 0.15) is 18.2 Å². The molecule has 2 heterocycles. The molecular weight excluding hydrogens is 168 g/mol. The predicted molar refractivity (Wildman–Crippen MR) is 51.4 cm³/mol. The van der Waals surface area contributed by atoms with Crippen molar-refractivity contribution in [2.45, 2.75) is 19.8 Å². The lowest BCUT2D eigenvalue weighted by molar-refractivity contribution is 0.940. The van der Waals surface area contributed by atoms with Crippen molar-refractivity contribution < 1.29 is 0 Å². The van der Waals surface area contributed by atoms with E-state index in [0.29, 0.717) is 0 Å². The number of hydrogen-bond donors (Lipinski definition) is 0. The molecular formula is C9H10N2S. The summed E-state index contributed by atoms with van der Waals surface area (Å²) in [5.74, 6) is 0. The highest BCUT2D eigenvalue weighted by atomic mass is 32.1. The lowest BCUT2D eigenvalue weighted by Gasteiger charge is -1.86. The summed E-state index contributed by atoms with van der Waals surface area (Å²) in [5.41, 5.74) is 0. The number of nitrogens with zero attached hydrogens (tertiary/aromatic N) is 2. The number of fused-ring (bicyclic) bond motifs is 1. The van der Waals surface area contributed by atoms with Gasteiger partial charge in [0.15, 0.2) is 0 Å². The molecule has 0 saturated carbocycles. The molecule has 12 heavy (non-hydrogen) atoms. The molecule has 2 nitrogen and oxygen atoms in total. The van der Waals surface area contributed by atoms with Crippen molar-refractivity contribution in [1.82, 2.24) is 9.97 Å². The average molecular weight is 178 g/mol. The maximum absolute atomic E-state index is 4.19. The van der Waals surface area contributed by atoms with Crippen LogP contribution < -0.4 is 0 Å². The maximum Gasteiger partial charge on any atom is 0.126 e. The lowest BCUT2D eigenvalue weighted by Crippen LogP contribution is -1.72. The Hall–Kier alpha value is -0.960. The Morgan fingerprint density at radius 3 is 3.17 bits per heavy atom. The third-order valence-corrected chi connectivity index (χ3v) is 2.86. The van der Waals surface area contributed by atoms with Gasteiger partial charge < -0.3 is 0 Å². The third-order valence-electron chi connectivity index (χ3n) is 1.74. The largest absolute Gasteiger partial charge is 0.244 e. The van der Waals surface area contributed by atoms with Crippen LogP contribution in [0.4, 0.5) is 0 Å². The van der Waals surface area contributed by atoms with E-state index >= 15 is 0 Å². The van der Waals surface area contributed by atoms with E-state index in [4.69, 9.17) is 0 Å². The smallest absolute Gasteiger partial charge is 0.126 e. The molecule has 0 radical (unpaired) electrons. The molecule has 0 amide bonds. The maximum atomic E-state index is 4.19. The van der Waals surface area contributed by atoms with Gasteiger partial charge in [-0.2, -0.15) is 0 Å². The molecule has 0 saturated heterocycles. The van der Waals surface area contributed by atoms with Gasteiger partial charge in [-0.05, 0) is 12.5 Å². The van der Waals surface area contributed by atoms with Gasteiger partial charge in [0.25, 0.3) is 0 Å². The third kappa shape index (κ3) is 1.32. The van der Waals surface area contributed by atoms with Gasteiger partial charge in [0.1, 0.15) is 11.2 Å². The van der Waals surface area contributed by atoms with Crippen LogP contribution in [-0.4, -0.2) is 9.97 Å². The van der Waals surface area contributed by atoms with Gasteiger partial charge in [-0.3, -0.25) is 0 Å². The van der Waals surface area contributed by atoms with Crippen LogP contribution in [0.15, 0.2) is 18.6 Å². The normalized spacial score (nSPS) is 10.8. The minimum atomic E-state index is 1.11. The van der Waals surface area contributed by atoms with Gasteiger partial charge in [-0.15, -0.1) is 11.3 Å². The number of thiophene rings is 1. The van der Waals surface area contributed by atoms with Crippen molar-refractivity contribution in [2.75, 3.05) is 0 Å². The highest BCUT2D eigenvalue weighted by Gasteiger charge is 2.00. The van der Waals surface area contributed by atoms with E-state index in [1.807, 2.05) is 6.20 Å². The number of rotatable bonds is 2. The molecule has 0 N–H and O–H groups in total. The molecule has 0 bridgehead atoms. The van der Waals surface area contributed by atoms with Gasteiger partial charge >= 0.3 is 0 Å². The summed E-state index contributed by atoms with van der Waals surface area (Å²) in [4.78, 5) is 10.7. The number of aryl methyl sites for hydroxylation is 1. The Morgan fingerprint density at radius 1 is 1.50 bits per heavy atom. The quantitative estimate of drug-likeness (QED) is 0.706. The first-order chi connectivity index (χ1) is 5.90. The SMILES string of the molecule is CCCc1cc2cncnc2s1. The van der Waals surface area contributed by atoms with Crippen molar-refractivity contribution in [3.05, 3.63) is 23.5 Å². The topological polar surface area (TPSA) is 25.8 Å². The molecule has 2 aromatic heterocycles. The van der Waals surface area contributed by atoms with Gasteiger partial charge in [-0.1, -0.05) is 13.3 Å². The zero-order valence-electron chi connectivity index (χ0n) is 6.95. The minimum Gasteiger partial charge on any atom is -0.244 e. The fourth-order valence-electron chi connectivity index (χ4n) is 1.21. The van der Waals surface area contributed by atoms with E-state index in [9.17, 15) is 0 Å². The summed E-state index contributed by atoms with van der Waals surface area (Å²) in [6, 6.07) is 2.18. The summed E-state index contributed by atoms with van der Waals surface area (Å²) in [5, 5.41) is 1.17. The Labute approximate surface area is 75.3 Å². The first kappa shape index (κ1) is 7.68. The van der Waals surface area contributed by atoms with Crippen LogP contribution in [0.2, 0.25) is 0 Å². The zero-order valence-corrected chi connectivity index (χ0v) is 7.77. The van der Waals surface area contributed by atoms with Gasteiger partial charge in [0.2, 0.25) is 0 Å². The Bertz CT molecular complexity index is 348. The molecule has 0 spiro atoms. The highest BCUT2D eigenvalue weighted by Crippen LogP contribution is 2.23. The minimum absolute atomic E-state index is 1.11. The van der Waals surface area contributed by atoms with E-state index in [2.05, 4.69) is 23.0 Å². The van der Waals surface area contributed by atoms with Crippen LogP contribution in [0.5, 0.6) is 0 Å². The molecule has 2 aromatic rings. The molecule has 3 heteroatoms. The van der Waals surface area contributed by atoms with Crippen molar-refractivity contribution in [2.24, 2.45) is 0 Å². The van der Waals surface area contributed by atoms with Crippen LogP contribution >= 0.6 is 11.3 Å². The fraction of sp³-hybridized carbons (Fsp3) is 0.333. The second-order valence-electron chi connectivity index (χ2n) is 2.75. The number of aromatic nitrogens is 2. The van der Waals surface area contributed by atoms with Crippen LogP contribution in [0, 0.1) is 0 Å². The predicted octanol–water partition coefficient (Wildman–Crippen LogP) is 2.64.